The Morgan fingerprint density at radius 2 is 1.95 bits per heavy atom. The van der Waals surface area contributed by atoms with Crippen LogP contribution in [-0.4, -0.2) is 17.1 Å². The van der Waals surface area contributed by atoms with Crippen LogP contribution in [0.25, 0.3) is 0 Å². The van der Waals surface area contributed by atoms with Gasteiger partial charge in [0.1, 0.15) is 0 Å². The molecule has 0 aliphatic carbocycles. The molecule has 1 aromatic heterocycles. The Kier molecular flexibility index (Phi) is 4.22. The number of carbonyl (C=O) groups is 1. The molecule has 1 aromatic carbocycles. The SMILES string of the molecule is CSc1ccc(NC(=O)c2ccc(C)c(C)c2)cn1. The molecule has 2 aromatic rings. The van der Waals surface area contributed by atoms with Crippen LogP contribution in [0, 0.1) is 13.8 Å². The number of nitrogens with one attached hydrogen (secondary N) is 1. The summed E-state index contributed by atoms with van der Waals surface area (Å²) in [5.41, 5.74) is 3.67. The summed E-state index contributed by atoms with van der Waals surface area (Å²) in [6.45, 7) is 4.03. The van der Waals surface area contributed by atoms with Gasteiger partial charge in [0, 0.05) is 5.56 Å². The highest BCUT2D eigenvalue weighted by atomic mass is 32.2. The molecule has 0 saturated carbocycles. The molecular formula is C15H16N2OS. The lowest BCUT2D eigenvalue weighted by molar-refractivity contribution is 0.102. The van der Waals surface area contributed by atoms with Gasteiger partial charge in [0.25, 0.3) is 5.91 Å². The molecule has 1 heterocycles. The van der Waals surface area contributed by atoms with Crippen LogP contribution in [0.3, 0.4) is 0 Å². The molecular weight excluding hydrogens is 256 g/mol. The number of benzene rings is 1. The molecule has 0 aliphatic heterocycles. The summed E-state index contributed by atoms with van der Waals surface area (Å²) in [6, 6.07) is 9.44. The first kappa shape index (κ1) is 13.6. The van der Waals surface area contributed by atoms with Gasteiger partial charge in [0.05, 0.1) is 16.9 Å². The van der Waals surface area contributed by atoms with Crippen LogP contribution in [-0.2, 0) is 0 Å². The molecule has 1 amide bonds. The molecule has 2 rings (SSSR count). The fraction of sp³-hybridized carbons (Fsp3) is 0.200. The van der Waals surface area contributed by atoms with Gasteiger partial charge in [-0.05, 0) is 55.5 Å². The van der Waals surface area contributed by atoms with Crippen molar-refractivity contribution in [2.45, 2.75) is 18.9 Å². The maximum Gasteiger partial charge on any atom is 0.255 e. The van der Waals surface area contributed by atoms with E-state index in [1.165, 1.54) is 5.56 Å². The molecule has 98 valence electrons. The second-order valence-electron chi connectivity index (χ2n) is 4.34. The fourth-order valence-electron chi connectivity index (χ4n) is 1.66. The van der Waals surface area contributed by atoms with Crippen molar-refractivity contribution in [3.8, 4) is 0 Å². The maximum atomic E-state index is 12.1. The van der Waals surface area contributed by atoms with E-state index in [0.717, 1.165) is 10.6 Å². The van der Waals surface area contributed by atoms with Gasteiger partial charge in [-0.15, -0.1) is 11.8 Å². The van der Waals surface area contributed by atoms with Gasteiger partial charge in [-0.2, -0.15) is 0 Å². The minimum atomic E-state index is -0.109. The van der Waals surface area contributed by atoms with Crippen molar-refractivity contribution in [3.05, 3.63) is 53.2 Å². The molecule has 3 nitrogen and oxygen atoms in total. The predicted octanol–water partition coefficient (Wildman–Crippen LogP) is 3.67. The van der Waals surface area contributed by atoms with Crippen LogP contribution >= 0.6 is 11.8 Å². The van der Waals surface area contributed by atoms with E-state index in [9.17, 15) is 4.79 Å². The number of aryl methyl sites for hydroxylation is 2. The van der Waals surface area contributed by atoms with Gasteiger partial charge in [0.15, 0.2) is 0 Å². The van der Waals surface area contributed by atoms with Gasteiger partial charge in [-0.3, -0.25) is 4.79 Å². The third kappa shape index (κ3) is 3.35. The second-order valence-corrected chi connectivity index (χ2v) is 5.17. The Balaban J connectivity index is 2.13. The first-order valence-electron chi connectivity index (χ1n) is 5.99. The molecule has 0 bridgehead atoms. The number of rotatable bonds is 3. The molecule has 1 N–H and O–H groups in total. The summed E-state index contributed by atoms with van der Waals surface area (Å²) in [6.07, 6.45) is 3.64. The highest BCUT2D eigenvalue weighted by molar-refractivity contribution is 7.98. The lowest BCUT2D eigenvalue weighted by Crippen LogP contribution is -2.12. The van der Waals surface area contributed by atoms with E-state index in [2.05, 4.69) is 10.3 Å². The molecule has 0 aliphatic rings. The molecule has 0 spiro atoms. The van der Waals surface area contributed by atoms with Crippen molar-refractivity contribution < 1.29 is 4.79 Å². The Morgan fingerprint density at radius 3 is 2.53 bits per heavy atom. The number of hydrogen-bond donors (Lipinski definition) is 1. The van der Waals surface area contributed by atoms with E-state index in [4.69, 9.17) is 0 Å². The van der Waals surface area contributed by atoms with Crippen LogP contribution in [0.15, 0.2) is 41.6 Å². The van der Waals surface area contributed by atoms with Crippen molar-refractivity contribution >= 4 is 23.4 Å². The first-order valence-corrected chi connectivity index (χ1v) is 7.21. The molecule has 0 fully saturated rings. The van der Waals surface area contributed by atoms with Gasteiger partial charge < -0.3 is 5.32 Å². The number of amides is 1. The van der Waals surface area contributed by atoms with Crippen molar-refractivity contribution in [2.24, 2.45) is 0 Å². The normalized spacial score (nSPS) is 10.3. The van der Waals surface area contributed by atoms with E-state index in [1.54, 1.807) is 18.0 Å². The van der Waals surface area contributed by atoms with Gasteiger partial charge in [-0.25, -0.2) is 4.98 Å². The summed E-state index contributed by atoms with van der Waals surface area (Å²) >= 11 is 1.57. The summed E-state index contributed by atoms with van der Waals surface area (Å²) in [5.74, 6) is -0.109. The van der Waals surface area contributed by atoms with E-state index >= 15 is 0 Å². The molecule has 19 heavy (non-hydrogen) atoms. The number of anilines is 1. The minimum absolute atomic E-state index is 0.109. The lowest BCUT2D eigenvalue weighted by Gasteiger charge is -2.07. The van der Waals surface area contributed by atoms with E-state index < -0.39 is 0 Å². The second kappa shape index (κ2) is 5.89. The van der Waals surface area contributed by atoms with Crippen molar-refractivity contribution in [2.75, 3.05) is 11.6 Å². The smallest absolute Gasteiger partial charge is 0.255 e. The monoisotopic (exact) mass is 272 g/mol. The summed E-state index contributed by atoms with van der Waals surface area (Å²) < 4.78 is 0. The first-order chi connectivity index (χ1) is 9.10. The Labute approximate surface area is 117 Å². The topological polar surface area (TPSA) is 42.0 Å². The van der Waals surface area contributed by atoms with Gasteiger partial charge in [0.2, 0.25) is 0 Å². The van der Waals surface area contributed by atoms with Crippen LogP contribution < -0.4 is 5.32 Å². The zero-order valence-corrected chi connectivity index (χ0v) is 12.0. The molecule has 0 unspecified atom stereocenters. The lowest BCUT2D eigenvalue weighted by atomic mass is 10.1. The summed E-state index contributed by atoms with van der Waals surface area (Å²) in [7, 11) is 0. The third-order valence-electron chi connectivity index (χ3n) is 2.97. The van der Waals surface area contributed by atoms with Gasteiger partial charge >= 0.3 is 0 Å². The highest BCUT2D eigenvalue weighted by Gasteiger charge is 2.07. The highest BCUT2D eigenvalue weighted by Crippen LogP contribution is 2.15. The van der Waals surface area contributed by atoms with E-state index in [1.807, 2.05) is 50.4 Å². The Morgan fingerprint density at radius 1 is 1.16 bits per heavy atom. The zero-order chi connectivity index (χ0) is 13.8. The Bertz CT molecular complexity index is 594. The molecule has 0 saturated heterocycles. The van der Waals surface area contributed by atoms with Crippen LogP contribution in [0.4, 0.5) is 5.69 Å². The standard InChI is InChI=1S/C15H16N2OS/c1-10-4-5-12(8-11(10)2)15(18)17-13-6-7-14(19-3)16-9-13/h4-9H,1-3H3,(H,17,18). The van der Waals surface area contributed by atoms with Crippen LogP contribution in [0.2, 0.25) is 0 Å². The zero-order valence-electron chi connectivity index (χ0n) is 11.2. The predicted molar refractivity (Wildman–Crippen MR) is 79.9 cm³/mol. The molecule has 0 radical (unpaired) electrons. The molecule has 4 heteroatoms. The third-order valence-corrected chi connectivity index (χ3v) is 3.63. The van der Waals surface area contributed by atoms with Crippen molar-refractivity contribution in [1.82, 2.24) is 4.98 Å². The largest absolute Gasteiger partial charge is 0.321 e. The van der Waals surface area contributed by atoms with Crippen LogP contribution in [0.5, 0.6) is 0 Å². The number of nitrogens with zero attached hydrogens (tertiary/aromatic N) is 1. The number of thioether (sulfide) groups is 1. The van der Waals surface area contributed by atoms with Crippen molar-refractivity contribution in [3.63, 3.8) is 0 Å². The summed E-state index contributed by atoms with van der Waals surface area (Å²) in [4.78, 5) is 16.3. The number of aromatic nitrogens is 1. The average Bonchev–Trinajstić information content (AvgIpc) is 2.42. The van der Waals surface area contributed by atoms with Gasteiger partial charge in [-0.1, -0.05) is 6.07 Å². The number of carbonyl (C=O) groups excluding carboxylic acids is 1. The summed E-state index contributed by atoms with van der Waals surface area (Å²) in [5, 5.41) is 3.78. The fourth-order valence-corrected chi connectivity index (χ4v) is 2.02. The van der Waals surface area contributed by atoms with E-state index in [0.29, 0.717) is 11.3 Å². The quantitative estimate of drug-likeness (QED) is 0.867. The minimum Gasteiger partial charge on any atom is -0.321 e. The van der Waals surface area contributed by atoms with Crippen molar-refractivity contribution in [1.29, 1.82) is 0 Å². The number of hydrogen-bond acceptors (Lipinski definition) is 3. The average molecular weight is 272 g/mol. The number of pyridine rings is 1. The molecule has 0 atom stereocenters. The Hall–Kier alpha value is -1.81. The van der Waals surface area contributed by atoms with Crippen LogP contribution in [0.1, 0.15) is 21.5 Å². The van der Waals surface area contributed by atoms with E-state index in [-0.39, 0.29) is 5.91 Å². The maximum absolute atomic E-state index is 12.1.